The summed E-state index contributed by atoms with van der Waals surface area (Å²) in [6.45, 7) is 4.95. The zero-order valence-electron chi connectivity index (χ0n) is 11.2. The first kappa shape index (κ1) is 15.3. The van der Waals surface area contributed by atoms with Crippen molar-refractivity contribution in [1.29, 1.82) is 0 Å². The Balaban J connectivity index is 2.29. The second kappa shape index (κ2) is 7.61. The molecule has 0 bridgehead atoms. The molecule has 0 heterocycles. The van der Waals surface area contributed by atoms with Gasteiger partial charge < -0.3 is 0 Å². The van der Waals surface area contributed by atoms with Crippen molar-refractivity contribution in [2.75, 3.05) is 13.2 Å². The quantitative estimate of drug-likeness (QED) is 0.358. The molecule has 0 radical (unpaired) electrons. The summed E-state index contributed by atoms with van der Waals surface area (Å²) in [6.07, 6.45) is 1.48. The third kappa shape index (κ3) is 3.71. The van der Waals surface area contributed by atoms with Gasteiger partial charge in [-0.25, -0.2) is 0 Å². The zero-order chi connectivity index (χ0) is 14.3. The minimum absolute atomic E-state index is 0.618. The molecule has 0 unspecified atom stereocenters. The zero-order valence-corrected chi connectivity index (χ0v) is 13.8. The number of rotatable bonds is 7. The van der Waals surface area contributed by atoms with Crippen LogP contribution >= 0.6 is 5.66 Å². The van der Waals surface area contributed by atoms with E-state index < -0.39 is 5.66 Å². The van der Waals surface area contributed by atoms with Gasteiger partial charge in [-0.3, -0.25) is 0 Å². The van der Waals surface area contributed by atoms with Gasteiger partial charge in [0.2, 0.25) is 0 Å². The van der Waals surface area contributed by atoms with E-state index in [9.17, 15) is 0 Å². The number of nitrogens with one attached hydrogen (secondary N) is 1. The molecule has 0 saturated heterocycles. The Bertz CT molecular complexity index is 542. The van der Waals surface area contributed by atoms with Gasteiger partial charge in [0.05, 0.1) is 0 Å². The molecule has 0 aromatic heterocycles. The summed E-state index contributed by atoms with van der Waals surface area (Å²) >= 11 is 3.42. The van der Waals surface area contributed by atoms with Crippen LogP contribution < -0.4 is 15.7 Å². The number of hydrogen-bond acceptors (Lipinski definition) is 2. The maximum atomic E-state index is 5.21. The van der Waals surface area contributed by atoms with E-state index in [1.54, 1.807) is 0 Å². The van der Waals surface area contributed by atoms with Crippen molar-refractivity contribution in [3.05, 3.63) is 73.5 Å². The van der Waals surface area contributed by atoms with E-state index in [4.69, 9.17) is 4.74 Å². The van der Waals surface area contributed by atoms with Crippen LogP contribution in [-0.4, -0.2) is 28.2 Å². The molecule has 1 N–H and O–H groups in total. The fourth-order valence-corrected chi connectivity index (χ4v) is 6.31. The minimum atomic E-state index is -1.70. The van der Waals surface area contributed by atoms with E-state index in [0.717, 1.165) is 6.54 Å². The molecule has 0 aliphatic heterocycles. The molecule has 104 valence electrons. The monoisotopic (exact) mass is 351 g/mol. The first-order valence-electron chi connectivity index (χ1n) is 6.46. The predicted octanol–water partition coefficient (Wildman–Crippen LogP) is 2.40. The van der Waals surface area contributed by atoms with E-state index in [1.165, 1.54) is 16.9 Å². The molecular weight excluding hydrogens is 332 g/mol. The third-order valence-corrected chi connectivity index (χ3v) is 9.10. The average Bonchev–Trinajstić information content (AvgIpc) is 2.53. The molecule has 2 nitrogen and oxygen atoms in total. The van der Waals surface area contributed by atoms with Gasteiger partial charge in [0.15, 0.2) is 0 Å². The summed E-state index contributed by atoms with van der Waals surface area (Å²) < 4.78 is 5.21. The summed E-state index contributed by atoms with van der Waals surface area (Å²) in [6, 6.07) is 21.0. The van der Waals surface area contributed by atoms with E-state index in [2.05, 4.69) is 75.3 Å². The van der Waals surface area contributed by atoms with Crippen molar-refractivity contribution in [3.63, 3.8) is 0 Å². The van der Waals surface area contributed by atoms with Crippen molar-refractivity contribution in [2.45, 2.75) is 0 Å². The summed E-state index contributed by atoms with van der Waals surface area (Å²) in [5, 5.41) is 6.24. The summed E-state index contributed by atoms with van der Waals surface area (Å²) in [7, 11) is 0. The molecule has 0 aliphatic carbocycles. The number of ether oxygens (including phenoxy) is 1. The SMILES string of the molecule is C=COCCNP(=[Se])(c1ccccc1)c1ccccc1. The van der Waals surface area contributed by atoms with Crippen molar-refractivity contribution >= 4 is 31.4 Å². The number of hydrogen-bond donors (Lipinski definition) is 1. The molecule has 2 aromatic rings. The second-order valence-electron chi connectivity index (χ2n) is 4.23. The molecular formula is C16H18NOPSe. The van der Waals surface area contributed by atoms with Crippen molar-refractivity contribution < 1.29 is 4.74 Å². The summed E-state index contributed by atoms with van der Waals surface area (Å²) in [4.78, 5) is 0. The van der Waals surface area contributed by atoms with Crippen molar-refractivity contribution in [2.24, 2.45) is 0 Å². The molecule has 0 atom stereocenters. The molecule has 0 amide bonds. The van der Waals surface area contributed by atoms with Gasteiger partial charge >= 0.3 is 128 Å². The van der Waals surface area contributed by atoms with Crippen molar-refractivity contribution in [3.8, 4) is 0 Å². The van der Waals surface area contributed by atoms with Gasteiger partial charge in [-0.1, -0.05) is 0 Å². The maximum absolute atomic E-state index is 5.21. The van der Waals surface area contributed by atoms with E-state index >= 15 is 0 Å². The predicted molar refractivity (Wildman–Crippen MR) is 89.0 cm³/mol. The summed E-state index contributed by atoms with van der Waals surface area (Å²) in [5.74, 6) is 0. The first-order chi connectivity index (χ1) is 9.77. The molecule has 2 rings (SSSR count). The van der Waals surface area contributed by atoms with Crippen LogP contribution in [-0.2, 0) is 4.74 Å². The van der Waals surface area contributed by atoms with Gasteiger partial charge in [0.25, 0.3) is 0 Å². The van der Waals surface area contributed by atoms with Crippen LogP contribution in [0.3, 0.4) is 0 Å². The van der Waals surface area contributed by atoms with Crippen molar-refractivity contribution in [1.82, 2.24) is 5.09 Å². The van der Waals surface area contributed by atoms with Gasteiger partial charge in [0.1, 0.15) is 0 Å². The third-order valence-electron chi connectivity index (χ3n) is 2.91. The van der Waals surface area contributed by atoms with Gasteiger partial charge in [-0.2, -0.15) is 0 Å². The fraction of sp³-hybridized carbons (Fsp3) is 0.125. The van der Waals surface area contributed by atoms with Crippen LogP contribution in [0.4, 0.5) is 0 Å². The van der Waals surface area contributed by atoms with Crippen LogP contribution in [0.25, 0.3) is 0 Å². The Hall–Kier alpha value is -1.11. The molecule has 0 aliphatic rings. The second-order valence-corrected chi connectivity index (χ2v) is 10.2. The molecule has 0 fully saturated rings. The fourth-order valence-electron chi connectivity index (χ4n) is 1.95. The topological polar surface area (TPSA) is 21.3 Å². The molecule has 0 saturated carbocycles. The van der Waals surface area contributed by atoms with Crippen LogP contribution in [0.2, 0.25) is 0 Å². The van der Waals surface area contributed by atoms with E-state index in [1.807, 2.05) is 12.1 Å². The van der Waals surface area contributed by atoms with Gasteiger partial charge in [0, 0.05) is 0 Å². The Kier molecular flexibility index (Phi) is 5.82. The summed E-state index contributed by atoms with van der Waals surface area (Å²) in [5.41, 5.74) is -1.70. The van der Waals surface area contributed by atoms with Gasteiger partial charge in [-0.05, 0) is 0 Å². The van der Waals surface area contributed by atoms with Crippen LogP contribution in [0.15, 0.2) is 73.5 Å². The van der Waals surface area contributed by atoms with E-state index in [0.29, 0.717) is 6.61 Å². The molecule has 4 heteroatoms. The van der Waals surface area contributed by atoms with Gasteiger partial charge in [-0.15, -0.1) is 0 Å². The number of benzene rings is 2. The van der Waals surface area contributed by atoms with Crippen LogP contribution in [0.5, 0.6) is 0 Å². The molecule has 2 aromatic carbocycles. The average molecular weight is 350 g/mol. The Labute approximate surface area is 128 Å². The molecule has 0 spiro atoms. The Morgan fingerprint density at radius 1 is 1.00 bits per heavy atom. The van der Waals surface area contributed by atoms with Crippen LogP contribution in [0, 0.1) is 0 Å². The normalized spacial score (nSPS) is 11.0. The van der Waals surface area contributed by atoms with Crippen LogP contribution in [0.1, 0.15) is 0 Å². The Morgan fingerprint density at radius 3 is 1.95 bits per heavy atom. The first-order valence-corrected chi connectivity index (χ1v) is 10.5. The standard InChI is InChI=1S/C16H18NOPSe/c1-2-18-14-13-17-19(20,15-9-5-3-6-10-15)16-11-7-4-8-12-16/h2-12H,1,13-14H2,(H,17,20). The Morgan fingerprint density at radius 2 is 1.50 bits per heavy atom. The molecule has 20 heavy (non-hydrogen) atoms. The van der Waals surface area contributed by atoms with E-state index in [-0.39, 0.29) is 0 Å².